The Balaban J connectivity index is 1.90. The van der Waals surface area contributed by atoms with Gasteiger partial charge in [0, 0.05) is 37.4 Å². The van der Waals surface area contributed by atoms with Gasteiger partial charge in [0.25, 0.3) is 0 Å². The van der Waals surface area contributed by atoms with Crippen LogP contribution in [0.25, 0.3) is 11.1 Å². The van der Waals surface area contributed by atoms with Gasteiger partial charge in [-0.2, -0.15) is 0 Å². The lowest BCUT2D eigenvalue weighted by Gasteiger charge is -2.43. The maximum atomic E-state index is 14.4. The zero-order valence-electron chi connectivity index (χ0n) is 17.1. The summed E-state index contributed by atoms with van der Waals surface area (Å²) in [6.07, 6.45) is 0.952. The number of nitrogens with zero attached hydrogens (tertiary/aromatic N) is 1. The summed E-state index contributed by atoms with van der Waals surface area (Å²) in [7, 11) is -3.93. The zero-order valence-corrected chi connectivity index (χ0v) is 18.0. The Morgan fingerprint density at radius 3 is 2.58 bits per heavy atom. The van der Waals surface area contributed by atoms with Crippen LogP contribution in [0.15, 0.2) is 42.5 Å². The van der Waals surface area contributed by atoms with Gasteiger partial charge in [-0.25, -0.2) is 8.78 Å². The van der Waals surface area contributed by atoms with Crippen molar-refractivity contribution in [1.29, 1.82) is 0 Å². The molecule has 6 nitrogen and oxygen atoms in total. The van der Waals surface area contributed by atoms with E-state index in [4.69, 9.17) is 5.73 Å². The number of nitrogens with two attached hydrogens (primary N) is 1. The average Bonchev–Trinajstić information content (AvgIpc) is 2.71. The molecule has 1 aliphatic heterocycles. The third-order valence-electron chi connectivity index (χ3n) is 5.95. The first kappa shape index (κ1) is 23.5. The van der Waals surface area contributed by atoms with Gasteiger partial charge in [0.15, 0.2) is 5.16 Å². The van der Waals surface area contributed by atoms with Crippen LogP contribution in [-0.2, 0) is 15.9 Å². The average molecular weight is 452 g/mol. The van der Waals surface area contributed by atoms with Gasteiger partial charge in [-0.3, -0.25) is 14.3 Å². The van der Waals surface area contributed by atoms with E-state index in [2.05, 4.69) is 0 Å². The summed E-state index contributed by atoms with van der Waals surface area (Å²) in [6, 6.07) is 10.4. The van der Waals surface area contributed by atoms with Gasteiger partial charge in [-0.15, -0.1) is 0 Å². The number of aliphatic carboxylic acids is 1. The van der Waals surface area contributed by atoms with Crippen LogP contribution in [0.1, 0.15) is 24.8 Å². The second-order valence-electron chi connectivity index (χ2n) is 8.00. The molecule has 1 fully saturated rings. The summed E-state index contributed by atoms with van der Waals surface area (Å²) in [5.41, 5.74) is 7.05. The van der Waals surface area contributed by atoms with Crippen molar-refractivity contribution in [3.63, 3.8) is 0 Å². The smallest absolute Gasteiger partial charge is 0.320 e. The molecule has 4 N–H and O–H groups in total. The molecule has 0 aliphatic carbocycles. The van der Waals surface area contributed by atoms with Crippen LogP contribution in [0.2, 0.25) is 0 Å². The summed E-state index contributed by atoms with van der Waals surface area (Å²) in [5.74, 6) is -2.64. The molecule has 2 aromatic rings. The van der Waals surface area contributed by atoms with Crippen LogP contribution < -0.4 is 5.73 Å². The van der Waals surface area contributed by atoms with Gasteiger partial charge in [-0.1, -0.05) is 30.7 Å². The zero-order chi connectivity index (χ0) is 22.6. The number of hydrogen-bond donors (Lipinski definition) is 3. The SMILES string of the molecule is NCCCCC1(C(=O)O)CN(Cc2ccccc2-c2ccc(F)cc2F)CCP1(=O)O. The third kappa shape index (κ3) is 4.88. The van der Waals surface area contributed by atoms with E-state index in [-0.39, 0.29) is 37.8 Å². The summed E-state index contributed by atoms with van der Waals surface area (Å²) in [4.78, 5) is 24.6. The molecule has 0 amide bonds. The van der Waals surface area contributed by atoms with Gasteiger partial charge < -0.3 is 15.7 Å². The number of benzene rings is 2. The van der Waals surface area contributed by atoms with Crippen LogP contribution >= 0.6 is 7.37 Å². The molecule has 0 saturated carbocycles. The van der Waals surface area contributed by atoms with E-state index in [0.717, 1.165) is 11.6 Å². The van der Waals surface area contributed by atoms with Crippen molar-refractivity contribution in [3.05, 3.63) is 59.7 Å². The number of carboxylic acids is 1. The lowest BCUT2D eigenvalue weighted by molar-refractivity contribution is -0.141. The van der Waals surface area contributed by atoms with Crippen LogP contribution in [0.5, 0.6) is 0 Å². The lowest BCUT2D eigenvalue weighted by Crippen LogP contribution is -2.53. The number of unbranched alkanes of at least 4 members (excludes halogenated alkanes) is 1. The molecule has 3 rings (SSSR count). The van der Waals surface area contributed by atoms with E-state index < -0.39 is 30.1 Å². The van der Waals surface area contributed by atoms with Crippen LogP contribution in [0.3, 0.4) is 0 Å². The molecular formula is C22H27F2N2O4P. The number of carboxylic acid groups (broad SMARTS) is 1. The summed E-state index contributed by atoms with van der Waals surface area (Å²) in [6.45, 7) is 0.825. The minimum absolute atomic E-state index is 0.0675. The first-order chi connectivity index (χ1) is 14.7. The van der Waals surface area contributed by atoms with E-state index in [1.807, 2.05) is 4.90 Å². The summed E-state index contributed by atoms with van der Waals surface area (Å²) in [5, 5.41) is 8.17. The third-order valence-corrected chi connectivity index (χ3v) is 8.65. The highest BCUT2D eigenvalue weighted by atomic mass is 31.2. The Labute approximate surface area is 180 Å². The maximum absolute atomic E-state index is 14.4. The second-order valence-corrected chi connectivity index (χ2v) is 10.7. The molecule has 1 heterocycles. The molecule has 9 heteroatoms. The number of hydrogen-bond acceptors (Lipinski definition) is 4. The molecular weight excluding hydrogens is 425 g/mol. The molecule has 0 radical (unpaired) electrons. The Morgan fingerprint density at radius 1 is 1.16 bits per heavy atom. The minimum Gasteiger partial charge on any atom is -0.480 e. The highest BCUT2D eigenvalue weighted by molar-refractivity contribution is 7.61. The Kier molecular flexibility index (Phi) is 7.27. The molecule has 0 spiro atoms. The molecule has 2 atom stereocenters. The Hall–Kier alpha value is -2.12. The topological polar surface area (TPSA) is 104 Å². The fraction of sp³-hybridized carbons (Fsp3) is 0.409. The fourth-order valence-corrected chi connectivity index (χ4v) is 6.40. The highest BCUT2D eigenvalue weighted by Gasteiger charge is 2.56. The lowest BCUT2D eigenvalue weighted by atomic mass is 9.97. The predicted molar refractivity (Wildman–Crippen MR) is 115 cm³/mol. The fourth-order valence-electron chi connectivity index (χ4n) is 4.19. The van der Waals surface area contributed by atoms with E-state index in [1.54, 1.807) is 24.3 Å². The first-order valence-corrected chi connectivity index (χ1v) is 12.1. The minimum atomic E-state index is -3.93. The van der Waals surface area contributed by atoms with Gasteiger partial charge in [0.2, 0.25) is 7.37 Å². The monoisotopic (exact) mass is 452 g/mol. The number of halogens is 2. The van der Waals surface area contributed by atoms with Crippen LogP contribution in [0.4, 0.5) is 8.78 Å². The number of carbonyl (C=O) groups is 1. The van der Waals surface area contributed by atoms with Gasteiger partial charge >= 0.3 is 5.97 Å². The van der Waals surface area contributed by atoms with Crippen molar-refractivity contribution in [2.75, 3.05) is 25.8 Å². The van der Waals surface area contributed by atoms with E-state index in [9.17, 15) is 28.1 Å². The van der Waals surface area contributed by atoms with Crippen molar-refractivity contribution in [2.45, 2.75) is 31.0 Å². The molecule has 31 heavy (non-hydrogen) atoms. The van der Waals surface area contributed by atoms with Crippen LogP contribution in [0, 0.1) is 11.6 Å². The molecule has 168 valence electrons. The Bertz CT molecular complexity index is 1000. The van der Waals surface area contributed by atoms with Crippen molar-refractivity contribution < 1.29 is 28.1 Å². The molecule has 0 bridgehead atoms. The van der Waals surface area contributed by atoms with Crippen molar-refractivity contribution in [3.8, 4) is 11.1 Å². The molecule has 1 aliphatic rings. The standard InChI is InChI=1S/C22H27F2N2O4P/c23-17-7-8-19(20(24)13-17)18-6-2-1-5-16(18)14-26-11-12-31(29,30)22(15-26,21(27)28)9-3-4-10-25/h1-2,5-8,13H,3-4,9-12,14-15,25H2,(H,27,28)(H,29,30). The van der Waals surface area contributed by atoms with Gasteiger partial charge in [0.05, 0.1) is 0 Å². The molecule has 0 aromatic heterocycles. The van der Waals surface area contributed by atoms with Crippen molar-refractivity contribution >= 4 is 13.3 Å². The van der Waals surface area contributed by atoms with Crippen molar-refractivity contribution in [2.24, 2.45) is 5.73 Å². The number of rotatable bonds is 8. The first-order valence-electron chi connectivity index (χ1n) is 10.2. The van der Waals surface area contributed by atoms with E-state index >= 15 is 0 Å². The largest absolute Gasteiger partial charge is 0.480 e. The highest BCUT2D eigenvalue weighted by Crippen LogP contribution is 2.59. The summed E-state index contributed by atoms with van der Waals surface area (Å²) < 4.78 is 40.6. The summed E-state index contributed by atoms with van der Waals surface area (Å²) >= 11 is 0. The maximum Gasteiger partial charge on any atom is 0.320 e. The van der Waals surface area contributed by atoms with Gasteiger partial charge in [0.1, 0.15) is 11.6 Å². The van der Waals surface area contributed by atoms with Gasteiger partial charge in [-0.05, 0) is 42.6 Å². The predicted octanol–water partition coefficient (Wildman–Crippen LogP) is 3.67. The van der Waals surface area contributed by atoms with E-state index in [0.29, 0.717) is 24.9 Å². The normalized spacial score (nSPS) is 24.3. The molecule has 2 aromatic carbocycles. The van der Waals surface area contributed by atoms with E-state index in [1.165, 1.54) is 12.1 Å². The Morgan fingerprint density at radius 2 is 1.90 bits per heavy atom. The molecule has 1 saturated heterocycles. The molecule has 2 unspecified atom stereocenters. The van der Waals surface area contributed by atoms with Crippen LogP contribution in [-0.4, -0.2) is 51.8 Å². The second kappa shape index (κ2) is 9.57. The quantitative estimate of drug-likeness (QED) is 0.417. The van der Waals surface area contributed by atoms with Crippen molar-refractivity contribution in [1.82, 2.24) is 4.90 Å².